The molecule has 0 aliphatic heterocycles. The summed E-state index contributed by atoms with van der Waals surface area (Å²) in [6.45, 7) is 0. The Hall–Kier alpha value is -2.67. The van der Waals surface area contributed by atoms with Gasteiger partial charge in [-0.25, -0.2) is 0 Å². The van der Waals surface area contributed by atoms with Crippen LogP contribution in [0.15, 0.2) is 60.2 Å². The van der Waals surface area contributed by atoms with Gasteiger partial charge >= 0.3 is 0 Å². The number of rotatable bonds is 0. The molecule has 1 heteroatoms. The van der Waals surface area contributed by atoms with Crippen molar-refractivity contribution in [2.45, 2.75) is 70.6 Å². The summed E-state index contributed by atoms with van der Waals surface area (Å²) in [4.78, 5) is 12.3. The third kappa shape index (κ3) is 4.66. The van der Waals surface area contributed by atoms with Crippen molar-refractivity contribution in [1.82, 2.24) is 0 Å². The van der Waals surface area contributed by atoms with Gasteiger partial charge in [-0.1, -0.05) is 79.1 Å². The molecule has 0 aromatic heterocycles. The molecule has 4 bridgehead atoms. The van der Waals surface area contributed by atoms with E-state index in [1.165, 1.54) is 58.2 Å². The first-order valence-corrected chi connectivity index (χ1v) is 12.1. The quantitative estimate of drug-likeness (QED) is 0.443. The van der Waals surface area contributed by atoms with E-state index in [-0.39, 0.29) is 0 Å². The molecule has 31 heavy (non-hydrogen) atoms. The van der Waals surface area contributed by atoms with E-state index in [1.54, 1.807) is 5.56 Å². The van der Waals surface area contributed by atoms with Crippen molar-refractivity contribution in [3.63, 3.8) is 0 Å². The van der Waals surface area contributed by atoms with Gasteiger partial charge in [0.2, 0.25) is 0 Å². The SMILES string of the molecule is O=C1CCCCCCc2c(ccc3c2C=CC3)Cc2cccc(c2)C2=CC=C(CC1)C2. The third-order valence-corrected chi connectivity index (χ3v) is 7.15. The molecule has 0 heterocycles. The van der Waals surface area contributed by atoms with E-state index in [1.807, 2.05) is 0 Å². The van der Waals surface area contributed by atoms with Gasteiger partial charge in [0.05, 0.1) is 0 Å². The zero-order valence-electron chi connectivity index (χ0n) is 18.5. The molecular formula is C30H32O. The van der Waals surface area contributed by atoms with Crippen LogP contribution in [0.25, 0.3) is 11.6 Å². The van der Waals surface area contributed by atoms with Crippen LogP contribution >= 0.6 is 0 Å². The molecule has 0 amide bonds. The number of carbonyl (C=O) groups is 1. The number of benzene rings is 2. The van der Waals surface area contributed by atoms with E-state index in [2.05, 4.69) is 60.7 Å². The minimum atomic E-state index is 0.436. The lowest BCUT2D eigenvalue weighted by Crippen LogP contribution is -2.02. The number of Topliss-reactive ketones (excluding diaryl/α,β-unsaturated/α-hetero) is 1. The highest BCUT2D eigenvalue weighted by Gasteiger charge is 2.16. The standard InChI is InChI=1S/C30H32O/c31-28-10-3-1-2-4-11-30-27(17-16-24-8-6-12-29(24)30)21-23-7-5-9-25(20-23)26-15-13-22(19-26)14-18-28/h5-7,9,12-13,15-17,20H,1-4,8,10-11,14,18-19,21H2. The summed E-state index contributed by atoms with van der Waals surface area (Å²) in [7, 11) is 0. The maximum atomic E-state index is 12.3. The lowest BCUT2D eigenvalue weighted by atomic mass is 9.89. The smallest absolute Gasteiger partial charge is 0.133 e. The van der Waals surface area contributed by atoms with Crippen molar-refractivity contribution in [2.75, 3.05) is 0 Å². The topological polar surface area (TPSA) is 17.1 Å². The van der Waals surface area contributed by atoms with Gasteiger partial charge in [-0.3, -0.25) is 4.79 Å². The minimum Gasteiger partial charge on any atom is -0.300 e. The Bertz CT molecular complexity index is 1080. The summed E-state index contributed by atoms with van der Waals surface area (Å²) in [5.74, 6) is 0.436. The average Bonchev–Trinajstić information content (AvgIpc) is 3.45. The number of carbonyl (C=O) groups excluding carboxylic acids is 1. The van der Waals surface area contributed by atoms with Crippen LogP contribution in [0.2, 0.25) is 0 Å². The van der Waals surface area contributed by atoms with Crippen LogP contribution in [0.4, 0.5) is 0 Å². The molecule has 158 valence electrons. The van der Waals surface area contributed by atoms with E-state index in [0.29, 0.717) is 12.2 Å². The molecule has 5 rings (SSSR count). The van der Waals surface area contributed by atoms with Gasteiger partial charge in [0, 0.05) is 12.8 Å². The Balaban J connectivity index is 1.45. The number of hydrogen-bond acceptors (Lipinski definition) is 1. The van der Waals surface area contributed by atoms with Crippen molar-refractivity contribution in [3.8, 4) is 0 Å². The van der Waals surface area contributed by atoms with E-state index in [4.69, 9.17) is 0 Å². The fraction of sp³-hybridized carbons (Fsp3) is 0.367. The number of ketones is 1. The lowest BCUT2D eigenvalue weighted by Gasteiger charge is -2.16. The lowest BCUT2D eigenvalue weighted by molar-refractivity contribution is -0.119. The fourth-order valence-corrected chi connectivity index (χ4v) is 5.36. The van der Waals surface area contributed by atoms with E-state index < -0.39 is 0 Å². The summed E-state index contributed by atoms with van der Waals surface area (Å²) >= 11 is 0. The second-order valence-electron chi connectivity index (χ2n) is 9.41. The first-order chi connectivity index (χ1) is 15.3. The van der Waals surface area contributed by atoms with Crippen LogP contribution < -0.4 is 0 Å². The van der Waals surface area contributed by atoms with Crippen LogP contribution in [-0.2, 0) is 24.1 Å². The van der Waals surface area contributed by atoms with Crippen molar-refractivity contribution in [1.29, 1.82) is 0 Å². The predicted molar refractivity (Wildman–Crippen MR) is 130 cm³/mol. The minimum absolute atomic E-state index is 0.436. The van der Waals surface area contributed by atoms with Crippen LogP contribution in [0, 0.1) is 0 Å². The van der Waals surface area contributed by atoms with Crippen LogP contribution in [0.5, 0.6) is 0 Å². The van der Waals surface area contributed by atoms with Crippen LogP contribution in [-0.4, -0.2) is 5.78 Å². The van der Waals surface area contributed by atoms with Gasteiger partial charge in [-0.2, -0.15) is 0 Å². The maximum Gasteiger partial charge on any atom is 0.133 e. The van der Waals surface area contributed by atoms with Gasteiger partial charge < -0.3 is 0 Å². The summed E-state index contributed by atoms with van der Waals surface area (Å²) < 4.78 is 0. The summed E-state index contributed by atoms with van der Waals surface area (Å²) in [5.41, 5.74) is 11.5. The average molecular weight is 409 g/mol. The van der Waals surface area contributed by atoms with Crippen LogP contribution in [0.1, 0.15) is 84.7 Å². The second-order valence-corrected chi connectivity index (χ2v) is 9.41. The molecule has 1 nitrogen and oxygen atoms in total. The van der Waals surface area contributed by atoms with E-state index >= 15 is 0 Å². The predicted octanol–water partition coefficient (Wildman–Crippen LogP) is 7.42. The van der Waals surface area contributed by atoms with Gasteiger partial charge in [0.25, 0.3) is 0 Å². The molecule has 0 atom stereocenters. The van der Waals surface area contributed by atoms with Gasteiger partial charge in [-0.05, 0) is 83.9 Å². The van der Waals surface area contributed by atoms with Gasteiger partial charge in [-0.15, -0.1) is 0 Å². The third-order valence-electron chi connectivity index (χ3n) is 7.15. The van der Waals surface area contributed by atoms with Gasteiger partial charge in [0.1, 0.15) is 5.78 Å². The summed E-state index contributed by atoms with van der Waals surface area (Å²) in [5, 5.41) is 0. The van der Waals surface area contributed by atoms with Crippen LogP contribution in [0.3, 0.4) is 0 Å². The number of allylic oxidation sites excluding steroid dienone is 5. The normalized spacial score (nSPS) is 19.2. The Morgan fingerprint density at radius 2 is 1.61 bits per heavy atom. The van der Waals surface area contributed by atoms with E-state index in [0.717, 1.165) is 44.9 Å². The monoisotopic (exact) mass is 408 g/mol. The van der Waals surface area contributed by atoms with Crippen molar-refractivity contribution >= 4 is 17.4 Å². The second kappa shape index (κ2) is 9.22. The Morgan fingerprint density at radius 1 is 0.742 bits per heavy atom. The largest absolute Gasteiger partial charge is 0.300 e. The highest BCUT2D eigenvalue weighted by atomic mass is 16.1. The highest BCUT2D eigenvalue weighted by Crippen LogP contribution is 2.33. The first kappa shape index (κ1) is 20.2. The molecule has 0 N–H and O–H groups in total. The highest BCUT2D eigenvalue weighted by molar-refractivity contribution is 5.79. The van der Waals surface area contributed by atoms with Crippen molar-refractivity contribution in [3.05, 3.63) is 93.6 Å². The van der Waals surface area contributed by atoms with Crippen molar-refractivity contribution in [2.24, 2.45) is 0 Å². The molecule has 3 aliphatic rings. The molecule has 3 aliphatic carbocycles. The molecular weight excluding hydrogens is 376 g/mol. The molecule has 0 fully saturated rings. The Morgan fingerprint density at radius 3 is 2.55 bits per heavy atom. The molecule has 2 aromatic carbocycles. The molecule has 0 saturated carbocycles. The van der Waals surface area contributed by atoms with E-state index in [9.17, 15) is 4.79 Å². The molecule has 0 saturated heterocycles. The molecule has 2 aromatic rings. The maximum absolute atomic E-state index is 12.3. The van der Waals surface area contributed by atoms with Gasteiger partial charge in [0.15, 0.2) is 0 Å². The number of fused-ring (bicyclic) bond motifs is 8. The Kier molecular flexibility index (Phi) is 6.02. The molecule has 0 spiro atoms. The summed E-state index contributed by atoms with van der Waals surface area (Å²) in [6.07, 6.45) is 20.4. The number of hydrogen-bond donors (Lipinski definition) is 0. The fourth-order valence-electron chi connectivity index (χ4n) is 5.36. The zero-order chi connectivity index (χ0) is 21.0. The Labute approximate surface area is 186 Å². The molecule has 0 radical (unpaired) electrons. The first-order valence-electron chi connectivity index (χ1n) is 12.1. The summed E-state index contributed by atoms with van der Waals surface area (Å²) in [6, 6.07) is 13.8. The van der Waals surface area contributed by atoms with Crippen molar-refractivity contribution < 1.29 is 4.79 Å². The molecule has 0 unspecified atom stereocenters. The zero-order valence-corrected chi connectivity index (χ0v) is 18.5.